The van der Waals surface area contributed by atoms with Crippen LogP contribution in [-0.2, 0) is 0 Å². The number of halogens is 1. The third-order valence-corrected chi connectivity index (χ3v) is 2.67. The van der Waals surface area contributed by atoms with Crippen molar-refractivity contribution in [1.29, 1.82) is 0 Å². The predicted octanol–water partition coefficient (Wildman–Crippen LogP) is 2.62. The lowest BCUT2D eigenvalue weighted by Crippen LogP contribution is -2.43. The van der Waals surface area contributed by atoms with E-state index < -0.39 is 0 Å². The maximum Gasteiger partial charge on any atom is 0.0409 e. The van der Waals surface area contributed by atoms with Crippen LogP contribution in [0.15, 0.2) is 24.3 Å². The maximum absolute atomic E-state index is 5.89. The number of rotatable bonds is 1. The Kier molecular flexibility index (Phi) is 2.07. The van der Waals surface area contributed by atoms with E-state index in [4.69, 9.17) is 11.6 Å². The van der Waals surface area contributed by atoms with Gasteiger partial charge < -0.3 is 5.32 Å². The van der Waals surface area contributed by atoms with Crippen LogP contribution in [0.25, 0.3) is 0 Å². The van der Waals surface area contributed by atoms with Gasteiger partial charge in [0.05, 0.1) is 0 Å². The van der Waals surface area contributed by atoms with Crippen LogP contribution in [0.1, 0.15) is 18.5 Å². The Labute approximate surface area is 77.7 Å². The third kappa shape index (κ3) is 1.35. The molecule has 1 N–H and O–H groups in total. The molecule has 0 aromatic heterocycles. The summed E-state index contributed by atoms with van der Waals surface area (Å²) >= 11 is 5.89. The van der Waals surface area contributed by atoms with E-state index >= 15 is 0 Å². The van der Waals surface area contributed by atoms with Gasteiger partial charge in [-0.1, -0.05) is 30.7 Å². The smallest absolute Gasteiger partial charge is 0.0409 e. The van der Waals surface area contributed by atoms with Crippen molar-refractivity contribution in [3.63, 3.8) is 0 Å². The van der Waals surface area contributed by atoms with Crippen LogP contribution in [0, 0.1) is 5.92 Å². The number of nitrogens with one attached hydrogen (secondary N) is 1. The minimum atomic E-state index is 0.517. The van der Waals surface area contributed by atoms with E-state index in [1.54, 1.807) is 0 Å². The first-order chi connectivity index (χ1) is 5.77. The molecule has 1 aromatic rings. The lowest BCUT2D eigenvalue weighted by atomic mass is 9.88. The highest BCUT2D eigenvalue weighted by molar-refractivity contribution is 6.30. The van der Waals surface area contributed by atoms with E-state index in [1.165, 1.54) is 5.56 Å². The molecule has 0 spiro atoms. The predicted molar refractivity (Wildman–Crippen MR) is 51.4 cm³/mol. The fraction of sp³-hybridized carbons (Fsp3) is 0.400. The van der Waals surface area contributed by atoms with E-state index in [0.29, 0.717) is 6.04 Å². The average molecular weight is 182 g/mol. The fourth-order valence-electron chi connectivity index (χ4n) is 1.62. The second-order valence-corrected chi connectivity index (χ2v) is 3.85. The molecule has 0 saturated carbocycles. The van der Waals surface area contributed by atoms with Crippen molar-refractivity contribution in [2.75, 3.05) is 6.54 Å². The summed E-state index contributed by atoms with van der Waals surface area (Å²) in [5, 5.41) is 4.21. The molecule has 1 heterocycles. The number of hydrogen-bond acceptors (Lipinski definition) is 1. The van der Waals surface area contributed by atoms with Crippen LogP contribution in [-0.4, -0.2) is 6.54 Å². The van der Waals surface area contributed by atoms with Gasteiger partial charge in [-0.25, -0.2) is 0 Å². The molecule has 2 heteroatoms. The van der Waals surface area contributed by atoms with Gasteiger partial charge >= 0.3 is 0 Å². The van der Waals surface area contributed by atoms with Gasteiger partial charge in [-0.2, -0.15) is 0 Å². The van der Waals surface area contributed by atoms with Gasteiger partial charge in [-0.05, 0) is 23.6 Å². The molecule has 1 nitrogen and oxygen atoms in total. The zero-order valence-corrected chi connectivity index (χ0v) is 7.81. The van der Waals surface area contributed by atoms with Gasteiger partial charge in [0.2, 0.25) is 0 Å². The monoisotopic (exact) mass is 181 g/mol. The first-order valence-corrected chi connectivity index (χ1v) is 4.64. The van der Waals surface area contributed by atoms with Gasteiger partial charge in [-0.3, -0.25) is 0 Å². The molecule has 12 heavy (non-hydrogen) atoms. The maximum atomic E-state index is 5.89. The third-order valence-electron chi connectivity index (χ3n) is 2.44. The Bertz CT molecular complexity index is 285. The van der Waals surface area contributed by atoms with Gasteiger partial charge in [0.15, 0.2) is 0 Å². The SMILES string of the molecule is CC1CNC1c1cccc(Cl)c1. The number of benzene rings is 1. The molecule has 0 amide bonds. The van der Waals surface area contributed by atoms with Gasteiger partial charge in [0.25, 0.3) is 0 Å². The van der Waals surface area contributed by atoms with Crippen LogP contribution in [0.2, 0.25) is 5.02 Å². The molecule has 1 fully saturated rings. The molecule has 2 unspecified atom stereocenters. The Balaban J connectivity index is 2.22. The summed E-state index contributed by atoms with van der Waals surface area (Å²) in [5.74, 6) is 0.739. The van der Waals surface area contributed by atoms with Crippen LogP contribution in [0.4, 0.5) is 0 Å². The lowest BCUT2D eigenvalue weighted by molar-refractivity contribution is 0.258. The average Bonchev–Trinajstić information content (AvgIpc) is 2.02. The van der Waals surface area contributed by atoms with E-state index in [-0.39, 0.29) is 0 Å². The lowest BCUT2D eigenvalue weighted by Gasteiger charge is -2.36. The second-order valence-electron chi connectivity index (χ2n) is 3.42. The van der Waals surface area contributed by atoms with Crippen molar-refractivity contribution in [2.24, 2.45) is 5.92 Å². The van der Waals surface area contributed by atoms with Crippen molar-refractivity contribution >= 4 is 11.6 Å². The van der Waals surface area contributed by atoms with Crippen LogP contribution in [0.5, 0.6) is 0 Å². The van der Waals surface area contributed by atoms with Crippen LogP contribution < -0.4 is 5.32 Å². The highest BCUT2D eigenvalue weighted by Gasteiger charge is 2.27. The minimum absolute atomic E-state index is 0.517. The molecule has 64 valence electrons. The molecule has 0 bridgehead atoms. The van der Waals surface area contributed by atoms with Gasteiger partial charge in [0.1, 0.15) is 0 Å². The van der Waals surface area contributed by atoms with Crippen molar-refractivity contribution in [3.8, 4) is 0 Å². The Hall–Kier alpha value is -0.530. The molecule has 0 aliphatic carbocycles. The Morgan fingerprint density at radius 3 is 2.83 bits per heavy atom. The standard InChI is InChI=1S/C10H12ClN/c1-7-6-12-10(7)8-3-2-4-9(11)5-8/h2-5,7,10,12H,6H2,1H3. The molecule has 1 saturated heterocycles. The first-order valence-electron chi connectivity index (χ1n) is 4.26. The zero-order valence-electron chi connectivity index (χ0n) is 7.05. The molecule has 2 atom stereocenters. The summed E-state index contributed by atoms with van der Waals surface area (Å²) in [6.07, 6.45) is 0. The van der Waals surface area contributed by atoms with E-state index in [9.17, 15) is 0 Å². The molecule has 2 rings (SSSR count). The minimum Gasteiger partial charge on any atom is -0.309 e. The summed E-state index contributed by atoms with van der Waals surface area (Å²) in [6.45, 7) is 3.37. The summed E-state index contributed by atoms with van der Waals surface area (Å²) in [7, 11) is 0. The first kappa shape index (κ1) is 8.09. The summed E-state index contributed by atoms with van der Waals surface area (Å²) < 4.78 is 0. The summed E-state index contributed by atoms with van der Waals surface area (Å²) in [4.78, 5) is 0. The Morgan fingerprint density at radius 1 is 1.50 bits per heavy atom. The van der Waals surface area contributed by atoms with Gasteiger partial charge in [-0.15, -0.1) is 0 Å². The van der Waals surface area contributed by atoms with E-state index in [0.717, 1.165) is 17.5 Å². The molecule has 1 aliphatic heterocycles. The topological polar surface area (TPSA) is 12.0 Å². The quantitative estimate of drug-likeness (QED) is 0.703. The van der Waals surface area contributed by atoms with Crippen LogP contribution in [0.3, 0.4) is 0 Å². The largest absolute Gasteiger partial charge is 0.309 e. The second kappa shape index (κ2) is 3.08. The van der Waals surface area contributed by atoms with Crippen molar-refractivity contribution < 1.29 is 0 Å². The van der Waals surface area contributed by atoms with E-state index in [2.05, 4.69) is 18.3 Å². The van der Waals surface area contributed by atoms with Crippen molar-refractivity contribution in [1.82, 2.24) is 5.32 Å². The molecule has 0 radical (unpaired) electrons. The van der Waals surface area contributed by atoms with Crippen LogP contribution >= 0.6 is 11.6 Å². The summed E-state index contributed by atoms with van der Waals surface area (Å²) in [5.41, 5.74) is 1.31. The number of hydrogen-bond donors (Lipinski definition) is 1. The summed E-state index contributed by atoms with van der Waals surface area (Å²) in [6, 6.07) is 8.59. The fourth-order valence-corrected chi connectivity index (χ4v) is 1.82. The Morgan fingerprint density at radius 2 is 2.33 bits per heavy atom. The zero-order chi connectivity index (χ0) is 8.55. The molecule has 1 aromatic carbocycles. The molecular weight excluding hydrogens is 170 g/mol. The normalized spacial score (nSPS) is 28.2. The highest BCUT2D eigenvalue weighted by Crippen LogP contribution is 2.29. The molecule has 1 aliphatic rings. The highest BCUT2D eigenvalue weighted by atomic mass is 35.5. The van der Waals surface area contributed by atoms with Crippen molar-refractivity contribution in [2.45, 2.75) is 13.0 Å². The van der Waals surface area contributed by atoms with Gasteiger partial charge in [0, 0.05) is 17.6 Å². The van der Waals surface area contributed by atoms with E-state index in [1.807, 2.05) is 18.2 Å². The van der Waals surface area contributed by atoms with Crippen molar-refractivity contribution in [3.05, 3.63) is 34.9 Å². The molecular formula is C10H12ClN.